The Morgan fingerprint density at radius 2 is 1.47 bits per heavy atom. The smallest absolute Gasteiger partial charge is 0.130 e. The van der Waals surface area contributed by atoms with Gasteiger partial charge in [0.05, 0.1) is 27.4 Å². The van der Waals surface area contributed by atoms with Crippen LogP contribution in [-0.2, 0) is 10.2 Å². The van der Waals surface area contributed by atoms with Crippen molar-refractivity contribution < 1.29 is 19.3 Å². The van der Waals surface area contributed by atoms with Gasteiger partial charge in [0.1, 0.15) is 17.2 Å². The first kappa shape index (κ1) is 30.3. The van der Waals surface area contributed by atoms with Gasteiger partial charge in [-0.2, -0.15) is 0 Å². The maximum absolute atomic E-state index is 12.0. The van der Waals surface area contributed by atoms with Crippen LogP contribution in [0.3, 0.4) is 0 Å². The molecular weight excluding hydrogens is 578 g/mol. The number of aromatic hydroxyl groups is 1. The Bertz CT molecular complexity index is 1790. The number of thioether (sulfide) groups is 1. The Hall–Kier alpha value is -3.35. The number of morpholine rings is 1. The second-order valence-corrected chi connectivity index (χ2v) is 15.6. The Balaban J connectivity index is 1.55. The third-order valence-electron chi connectivity index (χ3n) is 10.3. The summed E-state index contributed by atoms with van der Waals surface area (Å²) < 4.78 is 17.2. The van der Waals surface area contributed by atoms with Crippen molar-refractivity contribution in [2.75, 3.05) is 51.7 Å². The van der Waals surface area contributed by atoms with Crippen LogP contribution < -0.4 is 14.4 Å². The summed E-state index contributed by atoms with van der Waals surface area (Å²) in [5.41, 5.74) is 8.59. The number of nitrogens with zero attached hydrogens (tertiary/aromatic N) is 1. The number of phenolic OH excluding ortho intramolecular Hbond substituents is 1. The van der Waals surface area contributed by atoms with Crippen LogP contribution in [-0.4, -0.2) is 51.9 Å². The van der Waals surface area contributed by atoms with Crippen molar-refractivity contribution in [2.45, 2.75) is 57.3 Å². The summed E-state index contributed by atoms with van der Waals surface area (Å²) in [6.07, 6.45) is 5.46. The van der Waals surface area contributed by atoms with Gasteiger partial charge in [0.2, 0.25) is 0 Å². The lowest BCUT2D eigenvalue weighted by Gasteiger charge is -2.51. The third-order valence-corrected chi connectivity index (χ3v) is 11.1. The number of methoxy groups -OCH3 is 2. The predicted octanol–water partition coefficient (Wildman–Crippen LogP) is 9.29. The zero-order valence-corrected chi connectivity index (χ0v) is 28.5. The van der Waals surface area contributed by atoms with Crippen molar-refractivity contribution in [2.24, 2.45) is 10.8 Å². The number of hydrogen-bond donors (Lipinski definition) is 1. The van der Waals surface area contributed by atoms with Crippen molar-refractivity contribution in [3.05, 3.63) is 65.7 Å². The molecular formula is C39H45NO4S. The van der Waals surface area contributed by atoms with E-state index in [1.165, 1.54) is 33.6 Å². The topological polar surface area (TPSA) is 51.2 Å². The number of rotatable bonds is 5. The molecule has 1 saturated heterocycles. The highest BCUT2D eigenvalue weighted by atomic mass is 32.2. The van der Waals surface area contributed by atoms with Gasteiger partial charge in [0, 0.05) is 51.7 Å². The van der Waals surface area contributed by atoms with Gasteiger partial charge in [-0.05, 0) is 106 Å². The normalized spacial score (nSPS) is 19.4. The molecule has 1 aliphatic heterocycles. The number of benzene rings is 4. The van der Waals surface area contributed by atoms with Gasteiger partial charge in [-0.3, -0.25) is 0 Å². The molecule has 1 saturated carbocycles. The van der Waals surface area contributed by atoms with E-state index in [0.29, 0.717) is 19.0 Å². The second-order valence-electron chi connectivity index (χ2n) is 14.8. The monoisotopic (exact) mass is 623 g/mol. The minimum absolute atomic E-state index is 0.161. The predicted molar refractivity (Wildman–Crippen MR) is 187 cm³/mol. The quantitative estimate of drug-likeness (QED) is 0.224. The average Bonchev–Trinajstić information content (AvgIpc) is 3.26. The highest BCUT2D eigenvalue weighted by molar-refractivity contribution is 7.98. The second kappa shape index (κ2) is 10.9. The molecule has 6 heteroatoms. The zero-order valence-electron chi connectivity index (χ0n) is 27.7. The SMILES string of the molecule is COc1ccc(-c2cc3c(O)cc4c(c3cc2N2CCOCC2)-c2ccc(SC)cc2C42CC(C)(C)CC(C)(C)C2)c(OC)c1. The number of phenols is 1. The Morgan fingerprint density at radius 3 is 2.13 bits per heavy atom. The summed E-state index contributed by atoms with van der Waals surface area (Å²) in [5.74, 6) is 1.82. The highest BCUT2D eigenvalue weighted by Gasteiger charge is 2.54. The van der Waals surface area contributed by atoms with Crippen LogP contribution in [0.4, 0.5) is 5.69 Å². The molecule has 2 aliphatic carbocycles. The van der Waals surface area contributed by atoms with Crippen molar-refractivity contribution >= 4 is 28.2 Å². The molecule has 0 aromatic heterocycles. The fourth-order valence-electron chi connectivity index (χ4n) is 9.32. The molecule has 7 rings (SSSR count). The number of anilines is 1. The van der Waals surface area contributed by atoms with Crippen LogP contribution in [0.25, 0.3) is 33.0 Å². The fourth-order valence-corrected chi connectivity index (χ4v) is 9.76. The van der Waals surface area contributed by atoms with Crippen molar-refractivity contribution in [1.82, 2.24) is 0 Å². The lowest BCUT2D eigenvalue weighted by Crippen LogP contribution is -2.43. The van der Waals surface area contributed by atoms with E-state index in [9.17, 15) is 5.11 Å². The van der Waals surface area contributed by atoms with Crippen LogP contribution in [0.1, 0.15) is 58.1 Å². The van der Waals surface area contributed by atoms with Gasteiger partial charge < -0.3 is 24.2 Å². The van der Waals surface area contributed by atoms with Gasteiger partial charge in [-0.15, -0.1) is 11.8 Å². The minimum Gasteiger partial charge on any atom is -0.507 e. The summed E-state index contributed by atoms with van der Waals surface area (Å²) in [7, 11) is 3.37. The number of ether oxygens (including phenoxy) is 3. The maximum Gasteiger partial charge on any atom is 0.130 e. The summed E-state index contributed by atoms with van der Waals surface area (Å²) >= 11 is 1.81. The van der Waals surface area contributed by atoms with Gasteiger partial charge in [0.15, 0.2) is 0 Å². The Kier molecular flexibility index (Phi) is 7.33. The first-order valence-corrected chi connectivity index (χ1v) is 17.3. The summed E-state index contributed by atoms with van der Waals surface area (Å²) in [4.78, 5) is 3.71. The molecule has 0 atom stereocenters. The summed E-state index contributed by atoms with van der Waals surface area (Å²) in [5, 5.41) is 14.0. The average molecular weight is 624 g/mol. The molecule has 0 radical (unpaired) electrons. The first-order valence-electron chi connectivity index (χ1n) is 16.1. The number of fused-ring (bicyclic) bond motifs is 7. The molecule has 1 N–H and O–H groups in total. The molecule has 4 aromatic rings. The van der Waals surface area contributed by atoms with E-state index >= 15 is 0 Å². The molecule has 5 nitrogen and oxygen atoms in total. The van der Waals surface area contributed by atoms with Crippen LogP contribution in [0, 0.1) is 10.8 Å². The summed E-state index contributed by atoms with van der Waals surface area (Å²) in [6.45, 7) is 12.7. The van der Waals surface area contributed by atoms with Crippen LogP contribution in [0.2, 0.25) is 0 Å². The summed E-state index contributed by atoms with van der Waals surface area (Å²) in [6, 6.07) is 19.6. The minimum atomic E-state index is -0.162. The molecule has 0 bridgehead atoms. The van der Waals surface area contributed by atoms with Gasteiger partial charge in [-0.25, -0.2) is 0 Å². The van der Waals surface area contributed by atoms with E-state index in [1.54, 1.807) is 26.0 Å². The Morgan fingerprint density at radius 1 is 0.756 bits per heavy atom. The van der Waals surface area contributed by atoms with Crippen LogP contribution in [0.5, 0.6) is 17.2 Å². The van der Waals surface area contributed by atoms with E-state index in [2.05, 4.69) is 81.3 Å². The van der Waals surface area contributed by atoms with Gasteiger partial charge in [-0.1, -0.05) is 33.8 Å². The molecule has 1 spiro atoms. The van der Waals surface area contributed by atoms with Crippen molar-refractivity contribution in [3.8, 4) is 39.5 Å². The molecule has 45 heavy (non-hydrogen) atoms. The third kappa shape index (κ3) is 4.96. The molecule has 4 aromatic carbocycles. The molecule has 1 heterocycles. The highest BCUT2D eigenvalue weighted by Crippen LogP contribution is 2.65. The number of hydrogen-bond acceptors (Lipinski definition) is 6. The van der Waals surface area contributed by atoms with Crippen LogP contribution >= 0.6 is 11.8 Å². The molecule has 3 aliphatic rings. The molecule has 236 valence electrons. The first-order chi connectivity index (χ1) is 21.5. The van der Waals surface area contributed by atoms with Crippen molar-refractivity contribution in [1.29, 1.82) is 0 Å². The molecule has 0 amide bonds. The lowest BCUT2D eigenvalue weighted by atomic mass is 9.52. The van der Waals surface area contributed by atoms with Crippen LogP contribution in [0.15, 0.2) is 59.5 Å². The van der Waals surface area contributed by atoms with E-state index in [4.69, 9.17) is 14.2 Å². The van der Waals surface area contributed by atoms with E-state index in [-0.39, 0.29) is 16.2 Å². The van der Waals surface area contributed by atoms with E-state index < -0.39 is 0 Å². The Labute approximate surface area is 271 Å². The largest absolute Gasteiger partial charge is 0.507 e. The van der Waals surface area contributed by atoms with Gasteiger partial charge in [0.25, 0.3) is 0 Å². The van der Waals surface area contributed by atoms with Gasteiger partial charge >= 0.3 is 0 Å². The van der Waals surface area contributed by atoms with E-state index in [1.807, 2.05) is 12.1 Å². The standard InChI is InChI=1S/C39H45NO4S/c1-37(2)21-38(3,4)23-39(22-37)31-17-25(45-7)9-11-27(31)36-30-19-33(40-12-14-44-15-13-40)28(18-29(30)34(41)20-32(36)39)26-10-8-24(42-5)16-35(26)43-6/h8-11,16-20,41H,12-15,21-23H2,1-7H3. The lowest BCUT2D eigenvalue weighted by molar-refractivity contribution is 0.0644. The maximum atomic E-state index is 12.0. The molecule has 0 unspecified atom stereocenters. The van der Waals surface area contributed by atoms with Crippen molar-refractivity contribution in [3.63, 3.8) is 0 Å². The fraction of sp³-hybridized carbons (Fsp3) is 0.436. The molecule has 2 fully saturated rings. The van der Waals surface area contributed by atoms with E-state index in [0.717, 1.165) is 65.0 Å². The zero-order chi connectivity index (χ0) is 31.7.